The van der Waals surface area contributed by atoms with Crippen LogP contribution in [0.15, 0.2) is 24.3 Å². The van der Waals surface area contributed by atoms with Gasteiger partial charge in [0.25, 0.3) is 0 Å². The Morgan fingerprint density at radius 1 is 1.29 bits per heavy atom. The largest absolute Gasteiger partial charge is 0.469 e. The third kappa shape index (κ3) is 4.16. The summed E-state index contributed by atoms with van der Waals surface area (Å²) in [6.07, 6.45) is 0.201. The molecular formula is C15H18INO4. The van der Waals surface area contributed by atoms with Gasteiger partial charge in [0.05, 0.1) is 12.7 Å². The third-order valence-corrected chi connectivity index (χ3v) is 4.31. The SMILES string of the molecule is COC(=O)C1CN(C)CC[C@@H]1OC(=O)c1ccc(I)cc1. The number of carbonyl (C=O) groups is 2. The summed E-state index contributed by atoms with van der Waals surface area (Å²) in [6.45, 7) is 1.33. The average molecular weight is 403 g/mol. The zero-order chi connectivity index (χ0) is 15.4. The normalized spacial score (nSPS) is 22.6. The molecule has 2 atom stereocenters. The van der Waals surface area contributed by atoms with Crippen molar-refractivity contribution in [1.29, 1.82) is 0 Å². The van der Waals surface area contributed by atoms with E-state index in [1.807, 2.05) is 24.1 Å². The molecule has 1 unspecified atom stereocenters. The summed E-state index contributed by atoms with van der Waals surface area (Å²) in [6, 6.07) is 7.16. The molecule has 6 heteroatoms. The monoisotopic (exact) mass is 403 g/mol. The number of nitrogens with zero attached hydrogens (tertiary/aromatic N) is 1. The van der Waals surface area contributed by atoms with E-state index in [4.69, 9.17) is 9.47 Å². The molecule has 1 saturated heterocycles. The molecule has 0 N–H and O–H groups in total. The van der Waals surface area contributed by atoms with Crippen LogP contribution in [-0.2, 0) is 14.3 Å². The van der Waals surface area contributed by atoms with E-state index in [1.165, 1.54) is 7.11 Å². The smallest absolute Gasteiger partial charge is 0.338 e. The Morgan fingerprint density at radius 2 is 1.95 bits per heavy atom. The molecule has 0 spiro atoms. The summed E-state index contributed by atoms with van der Waals surface area (Å²) in [5.41, 5.74) is 0.498. The van der Waals surface area contributed by atoms with E-state index >= 15 is 0 Å². The summed E-state index contributed by atoms with van der Waals surface area (Å²) < 4.78 is 11.4. The fourth-order valence-corrected chi connectivity index (χ4v) is 2.76. The van der Waals surface area contributed by atoms with Crippen LogP contribution in [0.4, 0.5) is 0 Å². The van der Waals surface area contributed by atoms with Crippen molar-refractivity contribution in [3.63, 3.8) is 0 Å². The first-order chi connectivity index (χ1) is 10.0. The van der Waals surface area contributed by atoms with Crippen molar-refractivity contribution in [3.05, 3.63) is 33.4 Å². The summed E-state index contributed by atoms with van der Waals surface area (Å²) in [7, 11) is 3.29. The number of methoxy groups -OCH3 is 1. The predicted octanol–water partition coefficient (Wildman–Crippen LogP) is 1.94. The Kier molecular flexibility index (Phi) is 5.58. The predicted molar refractivity (Wildman–Crippen MR) is 86.0 cm³/mol. The molecule has 2 rings (SSSR count). The highest BCUT2D eigenvalue weighted by atomic mass is 127. The number of rotatable bonds is 3. The van der Waals surface area contributed by atoms with Crippen LogP contribution in [0.5, 0.6) is 0 Å². The fourth-order valence-electron chi connectivity index (χ4n) is 2.40. The highest BCUT2D eigenvalue weighted by Crippen LogP contribution is 2.22. The maximum atomic E-state index is 12.2. The number of esters is 2. The first-order valence-electron chi connectivity index (χ1n) is 6.74. The fraction of sp³-hybridized carbons (Fsp3) is 0.467. The number of hydrogen-bond acceptors (Lipinski definition) is 5. The molecule has 1 aromatic rings. The Hall–Kier alpha value is -1.15. The molecule has 1 heterocycles. The Balaban J connectivity index is 2.07. The molecule has 0 bridgehead atoms. The molecule has 1 fully saturated rings. The Labute approximate surface area is 137 Å². The number of piperidine rings is 1. The van der Waals surface area contributed by atoms with Gasteiger partial charge in [0.1, 0.15) is 12.0 Å². The van der Waals surface area contributed by atoms with Crippen molar-refractivity contribution in [2.24, 2.45) is 5.92 Å². The van der Waals surface area contributed by atoms with Gasteiger partial charge in [-0.1, -0.05) is 0 Å². The molecule has 1 aliphatic heterocycles. The van der Waals surface area contributed by atoms with E-state index in [0.717, 1.165) is 10.1 Å². The van der Waals surface area contributed by atoms with E-state index in [-0.39, 0.29) is 5.97 Å². The molecule has 0 aromatic heterocycles. The second kappa shape index (κ2) is 7.22. The van der Waals surface area contributed by atoms with Crippen molar-refractivity contribution >= 4 is 34.5 Å². The van der Waals surface area contributed by atoms with Gasteiger partial charge in [-0.2, -0.15) is 0 Å². The van der Waals surface area contributed by atoms with E-state index < -0.39 is 18.0 Å². The topological polar surface area (TPSA) is 55.8 Å². The molecule has 1 aliphatic rings. The lowest BCUT2D eigenvalue weighted by atomic mass is 9.95. The number of hydrogen-bond donors (Lipinski definition) is 0. The van der Waals surface area contributed by atoms with Gasteiger partial charge >= 0.3 is 11.9 Å². The van der Waals surface area contributed by atoms with Gasteiger partial charge in [-0.25, -0.2) is 4.79 Å². The maximum absolute atomic E-state index is 12.2. The number of likely N-dealkylation sites (tertiary alicyclic amines) is 1. The van der Waals surface area contributed by atoms with E-state index in [2.05, 4.69) is 22.6 Å². The van der Waals surface area contributed by atoms with Crippen LogP contribution >= 0.6 is 22.6 Å². The Morgan fingerprint density at radius 3 is 2.57 bits per heavy atom. The first kappa shape index (κ1) is 16.2. The van der Waals surface area contributed by atoms with Gasteiger partial charge in [0.15, 0.2) is 0 Å². The van der Waals surface area contributed by atoms with E-state index in [1.54, 1.807) is 12.1 Å². The van der Waals surface area contributed by atoms with Crippen LogP contribution < -0.4 is 0 Å². The molecule has 21 heavy (non-hydrogen) atoms. The summed E-state index contributed by atoms with van der Waals surface area (Å²) >= 11 is 2.18. The van der Waals surface area contributed by atoms with Crippen LogP contribution in [0, 0.1) is 9.49 Å². The summed E-state index contributed by atoms with van der Waals surface area (Å²) in [5.74, 6) is -1.15. The van der Waals surface area contributed by atoms with Crippen molar-refractivity contribution in [1.82, 2.24) is 4.90 Å². The minimum absolute atomic E-state index is 0.332. The highest BCUT2D eigenvalue weighted by Gasteiger charge is 2.36. The summed E-state index contributed by atoms with van der Waals surface area (Å²) in [5, 5.41) is 0. The number of carbonyl (C=O) groups excluding carboxylic acids is 2. The Bertz CT molecular complexity index is 517. The van der Waals surface area contributed by atoms with Crippen molar-refractivity contribution < 1.29 is 19.1 Å². The molecular weight excluding hydrogens is 385 g/mol. The van der Waals surface area contributed by atoms with Gasteiger partial charge in [-0.15, -0.1) is 0 Å². The van der Waals surface area contributed by atoms with Gasteiger partial charge in [-0.05, 0) is 60.3 Å². The standard InChI is InChI=1S/C15H18INO4/c1-17-8-7-13(12(9-17)15(19)20-2)21-14(18)10-3-5-11(16)6-4-10/h3-6,12-13H,7-9H2,1-2H3/t12?,13-/m0/s1. The maximum Gasteiger partial charge on any atom is 0.338 e. The van der Waals surface area contributed by atoms with Crippen LogP contribution in [0.1, 0.15) is 16.8 Å². The third-order valence-electron chi connectivity index (χ3n) is 3.59. The number of benzene rings is 1. The quantitative estimate of drug-likeness (QED) is 0.571. The van der Waals surface area contributed by atoms with Gasteiger partial charge in [-0.3, -0.25) is 4.79 Å². The zero-order valence-corrected chi connectivity index (χ0v) is 14.2. The molecule has 1 aromatic carbocycles. The van der Waals surface area contributed by atoms with Crippen LogP contribution in [0.2, 0.25) is 0 Å². The number of ether oxygens (including phenoxy) is 2. The van der Waals surface area contributed by atoms with E-state index in [9.17, 15) is 9.59 Å². The zero-order valence-electron chi connectivity index (χ0n) is 12.0. The second-order valence-electron chi connectivity index (χ2n) is 5.13. The molecule has 0 saturated carbocycles. The number of halogens is 1. The van der Waals surface area contributed by atoms with Gasteiger partial charge in [0.2, 0.25) is 0 Å². The van der Waals surface area contributed by atoms with Crippen LogP contribution in [0.3, 0.4) is 0 Å². The van der Waals surface area contributed by atoms with Crippen molar-refractivity contribution in [2.45, 2.75) is 12.5 Å². The van der Waals surface area contributed by atoms with E-state index in [0.29, 0.717) is 18.5 Å². The van der Waals surface area contributed by atoms with Crippen LogP contribution in [-0.4, -0.2) is 50.2 Å². The van der Waals surface area contributed by atoms with Crippen LogP contribution in [0.25, 0.3) is 0 Å². The van der Waals surface area contributed by atoms with Gasteiger partial charge in [0, 0.05) is 16.7 Å². The van der Waals surface area contributed by atoms with Crippen molar-refractivity contribution in [3.8, 4) is 0 Å². The molecule has 0 amide bonds. The minimum Gasteiger partial charge on any atom is -0.469 e. The minimum atomic E-state index is -0.430. The summed E-state index contributed by atoms with van der Waals surface area (Å²) in [4.78, 5) is 26.1. The molecule has 0 aliphatic carbocycles. The lowest BCUT2D eigenvalue weighted by Crippen LogP contribution is -2.47. The lowest BCUT2D eigenvalue weighted by molar-refractivity contribution is -0.152. The average Bonchev–Trinajstić information content (AvgIpc) is 2.48. The molecule has 5 nitrogen and oxygen atoms in total. The second-order valence-corrected chi connectivity index (χ2v) is 6.38. The van der Waals surface area contributed by atoms with Gasteiger partial charge < -0.3 is 14.4 Å². The van der Waals surface area contributed by atoms with Crippen molar-refractivity contribution in [2.75, 3.05) is 27.2 Å². The highest BCUT2D eigenvalue weighted by molar-refractivity contribution is 14.1. The lowest BCUT2D eigenvalue weighted by Gasteiger charge is -2.34. The first-order valence-corrected chi connectivity index (χ1v) is 7.82. The molecule has 0 radical (unpaired) electrons. The molecule has 114 valence electrons.